The third-order valence-corrected chi connectivity index (χ3v) is 4.27. The van der Waals surface area contributed by atoms with Gasteiger partial charge in [-0.05, 0) is 54.4 Å². The molecule has 0 radical (unpaired) electrons. The van der Waals surface area contributed by atoms with Crippen molar-refractivity contribution in [3.8, 4) is 0 Å². The van der Waals surface area contributed by atoms with Crippen molar-refractivity contribution in [2.45, 2.75) is 12.5 Å². The highest BCUT2D eigenvalue weighted by Gasteiger charge is 2.15. The molecule has 0 saturated heterocycles. The van der Waals surface area contributed by atoms with Crippen LogP contribution < -0.4 is 5.73 Å². The zero-order chi connectivity index (χ0) is 16.4. The molecule has 3 aromatic rings. The zero-order valence-electron chi connectivity index (χ0n) is 12.3. The molecule has 5 heteroatoms. The first-order valence-corrected chi connectivity index (χ1v) is 8.08. The van der Waals surface area contributed by atoms with Gasteiger partial charge in [0, 0.05) is 28.1 Å². The summed E-state index contributed by atoms with van der Waals surface area (Å²) in [6.07, 6.45) is 0.494. The summed E-state index contributed by atoms with van der Waals surface area (Å²) in [6.45, 7) is 0.0396. The van der Waals surface area contributed by atoms with E-state index in [9.17, 15) is 4.79 Å². The number of aliphatic hydroxyl groups is 1. The molecule has 1 atom stereocenters. The predicted molar refractivity (Wildman–Crippen MR) is 92.4 cm³/mol. The van der Waals surface area contributed by atoms with Gasteiger partial charge in [0.25, 0.3) is 0 Å². The SMILES string of the molecule is NC(CCO)c1ccc2oc(C(=O)c3ccc(Br)cc3)cc2c1. The molecule has 1 unspecified atom stereocenters. The lowest BCUT2D eigenvalue weighted by atomic mass is 10.0. The van der Waals surface area contributed by atoms with Crippen molar-refractivity contribution in [1.82, 2.24) is 0 Å². The number of furan rings is 1. The molecule has 1 heterocycles. The quantitative estimate of drug-likeness (QED) is 0.666. The molecule has 118 valence electrons. The molecule has 0 saturated carbocycles. The third-order valence-electron chi connectivity index (χ3n) is 3.74. The number of ketones is 1. The third kappa shape index (κ3) is 3.37. The normalized spacial score (nSPS) is 12.5. The fourth-order valence-electron chi connectivity index (χ4n) is 2.45. The smallest absolute Gasteiger partial charge is 0.228 e. The monoisotopic (exact) mass is 373 g/mol. The molecule has 3 N–H and O–H groups in total. The summed E-state index contributed by atoms with van der Waals surface area (Å²) in [5.41, 5.74) is 8.14. The summed E-state index contributed by atoms with van der Waals surface area (Å²) in [5, 5.41) is 9.82. The van der Waals surface area contributed by atoms with Crippen molar-refractivity contribution in [3.05, 3.63) is 69.9 Å². The number of benzene rings is 2. The van der Waals surface area contributed by atoms with Crippen molar-refractivity contribution in [3.63, 3.8) is 0 Å². The second kappa shape index (κ2) is 6.66. The standard InChI is InChI=1S/C18H16BrNO3/c19-14-4-1-11(2-5-14)18(22)17-10-13-9-12(15(20)7-8-21)3-6-16(13)23-17/h1-6,9-10,15,21H,7-8,20H2. The van der Waals surface area contributed by atoms with Gasteiger partial charge >= 0.3 is 0 Å². The maximum Gasteiger partial charge on any atom is 0.228 e. The Morgan fingerprint density at radius 3 is 2.61 bits per heavy atom. The fourth-order valence-corrected chi connectivity index (χ4v) is 2.72. The van der Waals surface area contributed by atoms with Crippen LogP contribution in [-0.4, -0.2) is 17.5 Å². The van der Waals surface area contributed by atoms with Crippen molar-refractivity contribution < 1.29 is 14.3 Å². The summed E-state index contributed by atoms with van der Waals surface area (Å²) in [6, 6.07) is 14.2. The number of rotatable bonds is 5. The van der Waals surface area contributed by atoms with Crippen molar-refractivity contribution in [1.29, 1.82) is 0 Å². The van der Waals surface area contributed by atoms with Crippen LogP contribution in [0.5, 0.6) is 0 Å². The molecule has 0 aliphatic carbocycles. The number of nitrogens with two attached hydrogens (primary N) is 1. The molecule has 0 amide bonds. The van der Waals surface area contributed by atoms with Gasteiger partial charge in [0.2, 0.25) is 5.78 Å². The van der Waals surface area contributed by atoms with Gasteiger partial charge in [0.15, 0.2) is 5.76 Å². The summed E-state index contributed by atoms with van der Waals surface area (Å²) >= 11 is 3.35. The van der Waals surface area contributed by atoms with Gasteiger partial charge in [-0.15, -0.1) is 0 Å². The molecule has 4 nitrogen and oxygen atoms in total. The lowest BCUT2D eigenvalue weighted by Gasteiger charge is -2.09. The molecule has 0 fully saturated rings. The number of hydrogen-bond donors (Lipinski definition) is 2. The van der Waals surface area contributed by atoms with Gasteiger partial charge in [-0.25, -0.2) is 0 Å². The first-order chi connectivity index (χ1) is 11.1. The topological polar surface area (TPSA) is 76.5 Å². The van der Waals surface area contributed by atoms with Gasteiger partial charge in [0.05, 0.1) is 0 Å². The van der Waals surface area contributed by atoms with E-state index in [1.54, 1.807) is 24.3 Å². The zero-order valence-corrected chi connectivity index (χ0v) is 13.9. The van der Waals surface area contributed by atoms with Crippen molar-refractivity contribution in [2.75, 3.05) is 6.61 Å². The molecular formula is C18H16BrNO3. The van der Waals surface area contributed by atoms with Crippen LogP contribution in [0.4, 0.5) is 0 Å². The number of halogens is 1. The Labute approximate surface area is 142 Å². The van der Waals surface area contributed by atoms with Crippen molar-refractivity contribution >= 4 is 32.7 Å². The Morgan fingerprint density at radius 2 is 1.91 bits per heavy atom. The average Bonchev–Trinajstić information content (AvgIpc) is 2.98. The number of aliphatic hydroxyl groups excluding tert-OH is 1. The maximum absolute atomic E-state index is 12.5. The van der Waals surface area contributed by atoms with Crippen LogP contribution in [0.15, 0.2) is 57.4 Å². The van der Waals surface area contributed by atoms with Crippen LogP contribution in [0.25, 0.3) is 11.0 Å². The van der Waals surface area contributed by atoms with Gasteiger partial charge in [-0.3, -0.25) is 4.79 Å². The Hall–Kier alpha value is -1.95. The van der Waals surface area contributed by atoms with Gasteiger partial charge < -0.3 is 15.3 Å². The van der Waals surface area contributed by atoms with Crippen molar-refractivity contribution in [2.24, 2.45) is 5.73 Å². The Balaban J connectivity index is 1.93. The molecular weight excluding hydrogens is 358 g/mol. The molecule has 0 bridgehead atoms. The van der Waals surface area contributed by atoms with Crippen LogP contribution in [0.1, 0.15) is 34.1 Å². The van der Waals surface area contributed by atoms with E-state index in [1.807, 2.05) is 24.3 Å². The number of hydrogen-bond acceptors (Lipinski definition) is 4. The second-order valence-corrected chi connectivity index (χ2v) is 6.28. The number of carbonyl (C=O) groups excluding carboxylic acids is 1. The van der Waals surface area contributed by atoms with E-state index in [2.05, 4.69) is 15.9 Å². The first kappa shape index (κ1) is 15.9. The van der Waals surface area contributed by atoms with Gasteiger partial charge in [-0.2, -0.15) is 0 Å². The summed E-state index contributed by atoms with van der Waals surface area (Å²) < 4.78 is 6.58. The summed E-state index contributed by atoms with van der Waals surface area (Å²) in [4.78, 5) is 12.5. The summed E-state index contributed by atoms with van der Waals surface area (Å²) in [7, 11) is 0. The van der Waals surface area contributed by atoms with E-state index in [-0.39, 0.29) is 18.4 Å². The predicted octanol–water partition coefficient (Wildman–Crippen LogP) is 3.81. The molecule has 0 spiro atoms. The largest absolute Gasteiger partial charge is 0.453 e. The van der Waals surface area contributed by atoms with Crippen LogP contribution in [-0.2, 0) is 0 Å². The maximum atomic E-state index is 12.5. The highest BCUT2D eigenvalue weighted by molar-refractivity contribution is 9.10. The lowest BCUT2D eigenvalue weighted by Crippen LogP contribution is -2.11. The Kier molecular flexibility index (Phi) is 4.61. The minimum atomic E-state index is -0.232. The van der Waals surface area contributed by atoms with Crippen LogP contribution in [0, 0.1) is 0 Å². The fraction of sp³-hybridized carbons (Fsp3) is 0.167. The Morgan fingerprint density at radius 1 is 1.17 bits per heavy atom. The molecule has 0 aliphatic rings. The molecule has 2 aromatic carbocycles. The first-order valence-electron chi connectivity index (χ1n) is 7.28. The van der Waals surface area contributed by atoms with E-state index in [1.165, 1.54) is 0 Å². The van der Waals surface area contributed by atoms with Crippen LogP contribution >= 0.6 is 15.9 Å². The number of fused-ring (bicyclic) bond motifs is 1. The molecule has 23 heavy (non-hydrogen) atoms. The average molecular weight is 374 g/mol. The second-order valence-electron chi connectivity index (χ2n) is 5.36. The Bertz CT molecular complexity index is 839. The minimum absolute atomic E-state index is 0.0396. The highest BCUT2D eigenvalue weighted by atomic mass is 79.9. The van der Waals surface area contributed by atoms with E-state index in [0.29, 0.717) is 23.3 Å². The van der Waals surface area contributed by atoms with Gasteiger partial charge in [-0.1, -0.05) is 22.0 Å². The molecule has 1 aromatic heterocycles. The minimum Gasteiger partial charge on any atom is -0.453 e. The highest BCUT2D eigenvalue weighted by Crippen LogP contribution is 2.25. The van der Waals surface area contributed by atoms with Gasteiger partial charge in [0.1, 0.15) is 5.58 Å². The van der Waals surface area contributed by atoms with Crippen LogP contribution in [0.2, 0.25) is 0 Å². The lowest BCUT2D eigenvalue weighted by molar-refractivity contribution is 0.101. The van der Waals surface area contributed by atoms with Crippen LogP contribution in [0.3, 0.4) is 0 Å². The summed E-state index contributed by atoms with van der Waals surface area (Å²) in [5.74, 6) is 0.144. The van der Waals surface area contributed by atoms with E-state index in [4.69, 9.17) is 15.3 Å². The number of carbonyl (C=O) groups is 1. The molecule has 3 rings (SSSR count). The van der Waals surface area contributed by atoms with E-state index in [0.717, 1.165) is 15.4 Å². The van der Waals surface area contributed by atoms with E-state index >= 15 is 0 Å². The van der Waals surface area contributed by atoms with E-state index < -0.39 is 0 Å². The molecule has 0 aliphatic heterocycles.